The molecule has 0 saturated carbocycles. The summed E-state index contributed by atoms with van der Waals surface area (Å²) in [6, 6.07) is 16.3. The highest BCUT2D eigenvalue weighted by molar-refractivity contribution is 7.99. The van der Waals surface area contributed by atoms with Gasteiger partial charge in [0.1, 0.15) is 0 Å². The normalized spacial score (nSPS) is 10.3. The standard InChI is InChI=1S/C20H23NOS/c1-3-15-23-19-9-5-4-8-18(19)20(22)21-14-6-7-17-12-10-16(2)11-13-17/h3-5,8-13H,1,6-7,14-15H2,2H3,(H,21,22). The minimum atomic E-state index is 0.000989. The summed E-state index contributed by atoms with van der Waals surface area (Å²) in [6.45, 7) is 6.50. The van der Waals surface area contributed by atoms with Crippen LogP contribution in [0.5, 0.6) is 0 Å². The Bertz CT molecular complexity index is 649. The predicted molar refractivity (Wildman–Crippen MR) is 99.2 cm³/mol. The molecule has 0 aliphatic heterocycles. The summed E-state index contributed by atoms with van der Waals surface area (Å²) in [6.07, 6.45) is 3.77. The molecule has 2 nitrogen and oxygen atoms in total. The van der Waals surface area contributed by atoms with Crippen molar-refractivity contribution in [1.82, 2.24) is 5.32 Å². The van der Waals surface area contributed by atoms with Crippen LogP contribution in [0.25, 0.3) is 0 Å². The Labute approximate surface area is 143 Å². The van der Waals surface area contributed by atoms with Gasteiger partial charge in [-0.15, -0.1) is 18.3 Å². The number of amides is 1. The Morgan fingerprint density at radius 3 is 2.65 bits per heavy atom. The van der Waals surface area contributed by atoms with Crippen molar-refractivity contribution in [2.45, 2.75) is 24.7 Å². The highest BCUT2D eigenvalue weighted by Gasteiger charge is 2.10. The molecule has 0 unspecified atom stereocenters. The molecule has 120 valence electrons. The highest BCUT2D eigenvalue weighted by Crippen LogP contribution is 2.22. The molecule has 1 N–H and O–H groups in total. The summed E-state index contributed by atoms with van der Waals surface area (Å²) in [4.78, 5) is 13.3. The van der Waals surface area contributed by atoms with E-state index in [9.17, 15) is 4.79 Å². The van der Waals surface area contributed by atoms with Crippen molar-refractivity contribution in [3.05, 3.63) is 77.9 Å². The molecule has 0 aliphatic rings. The Morgan fingerprint density at radius 2 is 1.91 bits per heavy atom. The SMILES string of the molecule is C=CCSc1ccccc1C(=O)NCCCc1ccc(C)cc1. The lowest BCUT2D eigenvalue weighted by atomic mass is 10.1. The molecular formula is C20H23NOS. The van der Waals surface area contributed by atoms with Crippen molar-refractivity contribution in [2.75, 3.05) is 12.3 Å². The highest BCUT2D eigenvalue weighted by atomic mass is 32.2. The van der Waals surface area contributed by atoms with Gasteiger partial charge in [-0.1, -0.05) is 48.0 Å². The van der Waals surface area contributed by atoms with E-state index in [1.807, 2.05) is 30.3 Å². The van der Waals surface area contributed by atoms with Gasteiger partial charge in [0.05, 0.1) is 5.56 Å². The fraction of sp³-hybridized carbons (Fsp3) is 0.250. The van der Waals surface area contributed by atoms with Crippen LogP contribution in [-0.2, 0) is 6.42 Å². The largest absolute Gasteiger partial charge is 0.352 e. The van der Waals surface area contributed by atoms with Crippen molar-refractivity contribution in [2.24, 2.45) is 0 Å². The molecule has 0 heterocycles. The molecule has 2 rings (SSSR count). The fourth-order valence-electron chi connectivity index (χ4n) is 2.27. The molecule has 0 aromatic heterocycles. The van der Waals surface area contributed by atoms with Crippen LogP contribution in [0, 0.1) is 6.92 Å². The number of hydrogen-bond donors (Lipinski definition) is 1. The van der Waals surface area contributed by atoms with Crippen molar-refractivity contribution in [3.8, 4) is 0 Å². The van der Waals surface area contributed by atoms with Gasteiger partial charge in [0.2, 0.25) is 0 Å². The van der Waals surface area contributed by atoms with Gasteiger partial charge in [0.15, 0.2) is 0 Å². The number of hydrogen-bond acceptors (Lipinski definition) is 2. The van der Waals surface area contributed by atoms with Crippen LogP contribution in [0.4, 0.5) is 0 Å². The van der Waals surface area contributed by atoms with Crippen molar-refractivity contribution in [3.63, 3.8) is 0 Å². The lowest BCUT2D eigenvalue weighted by Crippen LogP contribution is -2.25. The van der Waals surface area contributed by atoms with Gasteiger partial charge in [-0.3, -0.25) is 4.79 Å². The maximum atomic E-state index is 12.3. The first-order chi connectivity index (χ1) is 11.2. The third-order valence-electron chi connectivity index (χ3n) is 3.54. The van der Waals surface area contributed by atoms with Crippen molar-refractivity contribution < 1.29 is 4.79 Å². The minimum Gasteiger partial charge on any atom is -0.352 e. The Hall–Kier alpha value is -2.00. The molecule has 23 heavy (non-hydrogen) atoms. The van der Waals surface area contributed by atoms with Crippen LogP contribution in [0.1, 0.15) is 27.9 Å². The second kappa shape index (κ2) is 9.21. The number of rotatable bonds is 8. The molecule has 0 spiro atoms. The van der Waals surface area contributed by atoms with Gasteiger partial charge in [0, 0.05) is 17.2 Å². The maximum absolute atomic E-state index is 12.3. The molecular weight excluding hydrogens is 302 g/mol. The zero-order valence-corrected chi connectivity index (χ0v) is 14.4. The number of nitrogens with one attached hydrogen (secondary N) is 1. The molecule has 0 fully saturated rings. The Morgan fingerprint density at radius 1 is 1.17 bits per heavy atom. The van der Waals surface area contributed by atoms with E-state index < -0.39 is 0 Å². The maximum Gasteiger partial charge on any atom is 0.252 e. The van der Waals surface area contributed by atoms with Crippen LogP contribution in [0.2, 0.25) is 0 Å². The monoisotopic (exact) mass is 325 g/mol. The van der Waals surface area contributed by atoms with E-state index in [0.29, 0.717) is 6.54 Å². The minimum absolute atomic E-state index is 0.000989. The average molecular weight is 325 g/mol. The van der Waals surface area contributed by atoms with E-state index in [-0.39, 0.29) is 5.91 Å². The molecule has 0 radical (unpaired) electrons. The first kappa shape index (κ1) is 17.4. The third kappa shape index (κ3) is 5.61. The first-order valence-electron chi connectivity index (χ1n) is 7.87. The summed E-state index contributed by atoms with van der Waals surface area (Å²) >= 11 is 1.63. The summed E-state index contributed by atoms with van der Waals surface area (Å²) in [5, 5.41) is 3.02. The number of benzene rings is 2. The molecule has 0 bridgehead atoms. The van der Waals surface area contributed by atoms with E-state index in [1.165, 1.54) is 11.1 Å². The summed E-state index contributed by atoms with van der Waals surface area (Å²) in [5.41, 5.74) is 3.33. The van der Waals surface area contributed by atoms with Crippen LogP contribution < -0.4 is 5.32 Å². The van der Waals surface area contributed by atoms with E-state index in [4.69, 9.17) is 0 Å². The van der Waals surface area contributed by atoms with Gasteiger partial charge >= 0.3 is 0 Å². The van der Waals surface area contributed by atoms with Gasteiger partial charge < -0.3 is 5.32 Å². The quantitative estimate of drug-likeness (QED) is 0.435. The summed E-state index contributed by atoms with van der Waals surface area (Å²) < 4.78 is 0. The number of thioether (sulfide) groups is 1. The predicted octanol–water partition coefficient (Wildman–Crippen LogP) is 4.64. The topological polar surface area (TPSA) is 29.1 Å². The lowest BCUT2D eigenvalue weighted by molar-refractivity contribution is 0.0950. The smallest absolute Gasteiger partial charge is 0.252 e. The number of aryl methyl sites for hydroxylation is 2. The van der Waals surface area contributed by atoms with Crippen molar-refractivity contribution in [1.29, 1.82) is 0 Å². The Balaban J connectivity index is 1.82. The van der Waals surface area contributed by atoms with Gasteiger partial charge in [-0.05, 0) is 37.5 Å². The molecule has 3 heteroatoms. The van der Waals surface area contributed by atoms with Gasteiger partial charge in [-0.2, -0.15) is 0 Å². The van der Waals surface area contributed by atoms with Crippen LogP contribution >= 0.6 is 11.8 Å². The Kier molecular flexibility index (Phi) is 6.95. The molecule has 1 amide bonds. The van der Waals surface area contributed by atoms with Gasteiger partial charge in [0.25, 0.3) is 5.91 Å². The lowest BCUT2D eigenvalue weighted by Gasteiger charge is -2.09. The second-order valence-electron chi connectivity index (χ2n) is 5.44. The van der Waals surface area contributed by atoms with E-state index in [1.54, 1.807) is 11.8 Å². The zero-order chi connectivity index (χ0) is 16.5. The van der Waals surface area contributed by atoms with Crippen LogP contribution in [-0.4, -0.2) is 18.2 Å². The van der Waals surface area contributed by atoms with Crippen LogP contribution in [0.3, 0.4) is 0 Å². The summed E-state index contributed by atoms with van der Waals surface area (Å²) in [5.74, 6) is 0.804. The average Bonchev–Trinajstić information content (AvgIpc) is 2.58. The van der Waals surface area contributed by atoms with E-state index in [2.05, 4.69) is 43.1 Å². The third-order valence-corrected chi connectivity index (χ3v) is 4.61. The van der Waals surface area contributed by atoms with Gasteiger partial charge in [-0.25, -0.2) is 0 Å². The molecule has 2 aromatic rings. The molecule has 0 aliphatic carbocycles. The van der Waals surface area contributed by atoms with E-state index in [0.717, 1.165) is 29.1 Å². The van der Waals surface area contributed by atoms with Crippen LogP contribution in [0.15, 0.2) is 66.1 Å². The van der Waals surface area contributed by atoms with E-state index >= 15 is 0 Å². The molecule has 2 aromatic carbocycles. The zero-order valence-electron chi connectivity index (χ0n) is 13.5. The number of carbonyl (C=O) groups excluding carboxylic acids is 1. The second-order valence-corrected chi connectivity index (χ2v) is 6.50. The first-order valence-corrected chi connectivity index (χ1v) is 8.85. The number of carbonyl (C=O) groups is 1. The fourth-order valence-corrected chi connectivity index (χ4v) is 3.06. The summed E-state index contributed by atoms with van der Waals surface area (Å²) in [7, 11) is 0. The molecule has 0 saturated heterocycles. The molecule has 0 atom stereocenters. The van der Waals surface area contributed by atoms with Crippen molar-refractivity contribution >= 4 is 17.7 Å².